The van der Waals surface area contributed by atoms with Gasteiger partial charge in [0.15, 0.2) is 6.61 Å². The van der Waals surface area contributed by atoms with E-state index in [2.05, 4.69) is 19.2 Å². The molecule has 0 aliphatic rings. The van der Waals surface area contributed by atoms with Crippen LogP contribution in [0.4, 0.5) is 5.69 Å². The number of likely N-dealkylation sites (N-methyl/N-ethyl adjacent to an activating group) is 1. The van der Waals surface area contributed by atoms with Gasteiger partial charge in [0, 0.05) is 12.7 Å². The Balaban J connectivity index is 1.96. The highest BCUT2D eigenvalue weighted by molar-refractivity contribution is 5.95. The summed E-state index contributed by atoms with van der Waals surface area (Å²) in [6.07, 6.45) is 0. The van der Waals surface area contributed by atoms with Crippen molar-refractivity contribution in [1.82, 2.24) is 4.90 Å². The number of carbonyl (C=O) groups excluding carboxylic acids is 2. The Morgan fingerprint density at radius 1 is 1.00 bits per heavy atom. The van der Waals surface area contributed by atoms with Crippen LogP contribution in [0.2, 0.25) is 0 Å². The third kappa shape index (κ3) is 6.08. The SMILES string of the molecule is Cc1cc(C)c(NC(=O)CN(C)C(=O)COc2cc(C)ccc2C(C)C)c(C)c1. The molecule has 0 fully saturated rings. The van der Waals surface area contributed by atoms with Crippen LogP contribution in [-0.4, -0.2) is 36.9 Å². The lowest BCUT2D eigenvalue weighted by Crippen LogP contribution is -2.37. The average molecular weight is 397 g/mol. The second-order valence-electron chi connectivity index (χ2n) is 8.06. The first-order chi connectivity index (χ1) is 13.6. The summed E-state index contributed by atoms with van der Waals surface area (Å²) in [4.78, 5) is 26.3. The molecular formula is C24H32N2O3. The molecule has 2 rings (SSSR count). The van der Waals surface area contributed by atoms with Crippen LogP contribution in [0.3, 0.4) is 0 Å². The molecule has 5 nitrogen and oxygen atoms in total. The summed E-state index contributed by atoms with van der Waals surface area (Å²) in [7, 11) is 1.61. The molecule has 0 saturated heterocycles. The maximum absolute atomic E-state index is 12.5. The number of nitrogens with zero attached hydrogens (tertiary/aromatic N) is 1. The average Bonchev–Trinajstić information content (AvgIpc) is 2.62. The summed E-state index contributed by atoms with van der Waals surface area (Å²) in [5.41, 5.74) is 6.11. The lowest BCUT2D eigenvalue weighted by atomic mass is 10.0. The van der Waals surface area contributed by atoms with Gasteiger partial charge in [-0.15, -0.1) is 0 Å². The van der Waals surface area contributed by atoms with Gasteiger partial charge in [0.1, 0.15) is 5.75 Å². The molecule has 2 aromatic carbocycles. The van der Waals surface area contributed by atoms with Gasteiger partial charge < -0.3 is 15.0 Å². The minimum Gasteiger partial charge on any atom is -0.483 e. The van der Waals surface area contributed by atoms with Crippen molar-refractivity contribution in [2.75, 3.05) is 25.5 Å². The summed E-state index contributed by atoms with van der Waals surface area (Å²) in [5, 5.41) is 2.92. The number of amides is 2. The van der Waals surface area contributed by atoms with Crippen LogP contribution in [0.25, 0.3) is 0 Å². The topological polar surface area (TPSA) is 58.6 Å². The summed E-state index contributed by atoms with van der Waals surface area (Å²) < 4.78 is 5.79. The van der Waals surface area contributed by atoms with Gasteiger partial charge in [-0.25, -0.2) is 0 Å². The first-order valence-electron chi connectivity index (χ1n) is 9.93. The molecule has 0 heterocycles. The molecule has 0 spiro atoms. The highest BCUT2D eigenvalue weighted by Crippen LogP contribution is 2.27. The van der Waals surface area contributed by atoms with E-state index in [0.717, 1.165) is 39.3 Å². The Hall–Kier alpha value is -2.82. The van der Waals surface area contributed by atoms with Crippen LogP contribution in [0, 0.1) is 27.7 Å². The summed E-state index contributed by atoms with van der Waals surface area (Å²) in [6.45, 7) is 12.0. The molecule has 0 aliphatic carbocycles. The molecule has 0 aliphatic heterocycles. The van der Waals surface area contributed by atoms with Crippen LogP contribution in [0.1, 0.15) is 47.6 Å². The monoisotopic (exact) mass is 396 g/mol. The number of carbonyl (C=O) groups is 2. The maximum Gasteiger partial charge on any atom is 0.260 e. The van der Waals surface area contributed by atoms with E-state index in [-0.39, 0.29) is 25.0 Å². The Morgan fingerprint density at radius 2 is 1.62 bits per heavy atom. The number of nitrogens with one attached hydrogen (secondary N) is 1. The van der Waals surface area contributed by atoms with Crippen molar-refractivity contribution < 1.29 is 14.3 Å². The predicted octanol–water partition coefficient (Wildman–Crippen LogP) is 4.52. The second kappa shape index (κ2) is 9.59. The molecule has 156 valence electrons. The molecule has 2 aromatic rings. The van der Waals surface area contributed by atoms with Crippen molar-refractivity contribution in [3.8, 4) is 5.75 Å². The van der Waals surface area contributed by atoms with Crippen LogP contribution < -0.4 is 10.1 Å². The quantitative estimate of drug-likeness (QED) is 0.749. The largest absolute Gasteiger partial charge is 0.483 e. The fraction of sp³-hybridized carbons (Fsp3) is 0.417. The van der Waals surface area contributed by atoms with Gasteiger partial charge in [0.2, 0.25) is 5.91 Å². The number of anilines is 1. The smallest absolute Gasteiger partial charge is 0.260 e. The van der Waals surface area contributed by atoms with Gasteiger partial charge >= 0.3 is 0 Å². The number of ether oxygens (including phenoxy) is 1. The first-order valence-corrected chi connectivity index (χ1v) is 9.93. The Bertz CT molecular complexity index is 880. The Kier molecular flexibility index (Phi) is 7.43. The molecular weight excluding hydrogens is 364 g/mol. The van der Waals surface area contributed by atoms with Crippen LogP contribution >= 0.6 is 0 Å². The number of hydrogen-bond acceptors (Lipinski definition) is 3. The van der Waals surface area contributed by atoms with Gasteiger partial charge in [0.05, 0.1) is 6.54 Å². The zero-order valence-electron chi connectivity index (χ0n) is 18.6. The highest BCUT2D eigenvalue weighted by Gasteiger charge is 2.16. The van der Waals surface area contributed by atoms with Crippen LogP contribution in [0.5, 0.6) is 5.75 Å². The zero-order chi connectivity index (χ0) is 21.7. The molecule has 1 N–H and O–H groups in total. The number of hydrogen-bond donors (Lipinski definition) is 1. The van der Waals surface area contributed by atoms with E-state index in [0.29, 0.717) is 5.92 Å². The lowest BCUT2D eigenvalue weighted by Gasteiger charge is -2.20. The molecule has 0 bridgehead atoms. The normalized spacial score (nSPS) is 10.8. The molecule has 0 radical (unpaired) electrons. The maximum atomic E-state index is 12.5. The number of aryl methyl sites for hydroxylation is 4. The van der Waals surface area contributed by atoms with Gasteiger partial charge in [0.25, 0.3) is 5.91 Å². The van der Waals surface area contributed by atoms with E-state index in [1.807, 2.05) is 58.0 Å². The Morgan fingerprint density at radius 3 is 2.21 bits per heavy atom. The van der Waals surface area contributed by atoms with Crippen molar-refractivity contribution in [3.05, 3.63) is 58.1 Å². The van der Waals surface area contributed by atoms with E-state index >= 15 is 0 Å². The van der Waals surface area contributed by atoms with Gasteiger partial charge in [-0.2, -0.15) is 0 Å². The zero-order valence-corrected chi connectivity index (χ0v) is 18.6. The van der Waals surface area contributed by atoms with E-state index in [1.54, 1.807) is 7.05 Å². The minimum absolute atomic E-state index is 0.0280. The predicted molar refractivity (Wildman–Crippen MR) is 118 cm³/mol. The summed E-state index contributed by atoms with van der Waals surface area (Å²) in [5.74, 6) is 0.547. The molecule has 29 heavy (non-hydrogen) atoms. The van der Waals surface area contributed by atoms with E-state index in [9.17, 15) is 9.59 Å². The first kappa shape index (κ1) is 22.5. The fourth-order valence-electron chi connectivity index (χ4n) is 3.35. The van der Waals surface area contributed by atoms with Crippen molar-refractivity contribution in [1.29, 1.82) is 0 Å². The second-order valence-corrected chi connectivity index (χ2v) is 8.06. The van der Waals surface area contributed by atoms with Crippen molar-refractivity contribution in [2.45, 2.75) is 47.5 Å². The molecule has 0 unspecified atom stereocenters. The third-order valence-corrected chi connectivity index (χ3v) is 4.89. The van der Waals surface area contributed by atoms with Gasteiger partial charge in [-0.3, -0.25) is 9.59 Å². The number of rotatable bonds is 7. The number of benzene rings is 2. The third-order valence-electron chi connectivity index (χ3n) is 4.89. The van der Waals surface area contributed by atoms with Gasteiger partial charge in [-0.1, -0.05) is 43.7 Å². The van der Waals surface area contributed by atoms with Crippen molar-refractivity contribution in [3.63, 3.8) is 0 Å². The molecule has 5 heteroatoms. The van der Waals surface area contributed by atoms with E-state index in [1.165, 1.54) is 4.90 Å². The van der Waals surface area contributed by atoms with E-state index < -0.39 is 0 Å². The van der Waals surface area contributed by atoms with E-state index in [4.69, 9.17) is 4.74 Å². The minimum atomic E-state index is -0.242. The van der Waals surface area contributed by atoms with Gasteiger partial charge in [-0.05, 0) is 61.9 Å². The van der Waals surface area contributed by atoms with Crippen molar-refractivity contribution in [2.24, 2.45) is 0 Å². The summed E-state index contributed by atoms with van der Waals surface area (Å²) >= 11 is 0. The molecule has 0 aromatic heterocycles. The lowest BCUT2D eigenvalue weighted by molar-refractivity contribution is -0.135. The summed E-state index contributed by atoms with van der Waals surface area (Å²) in [6, 6.07) is 10.1. The Labute approximate surface area is 174 Å². The molecule has 0 atom stereocenters. The van der Waals surface area contributed by atoms with Crippen LogP contribution in [0.15, 0.2) is 30.3 Å². The standard InChI is InChI=1S/C24H32N2O3/c1-15(2)20-9-8-16(3)12-21(20)29-14-23(28)26(7)13-22(27)25-24-18(5)10-17(4)11-19(24)6/h8-12,15H,13-14H2,1-7H3,(H,25,27). The highest BCUT2D eigenvalue weighted by atomic mass is 16.5. The molecule has 0 saturated carbocycles. The van der Waals surface area contributed by atoms with Crippen LogP contribution in [-0.2, 0) is 9.59 Å². The fourth-order valence-corrected chi connectivity index (χ4v) is 3.35. The van der Waals surface area contributed by atoms with Crippen molar-refractivity contribution >= 4 is 17.5 Å². The molecule has 2 amide bonds.